The van der Waals surface area contributed by atoms with Crippen molar-refractivity contribution in [3.63, 3.8) is 0 Å². The molecule has 1 atom stereocenters. The summed E-state index contributed by atoms with van der Waals surface area (Å²) in [6.07, 6.45) is -0.432. The van der Waals surface area contributed by atoms with E-state index in [4.69, 9.17) is 9.47 Å². The largest absolute Gasteiger partial charge is 0.376 e. The molecule has 0 aromatic carbocycles. The van der Waals surface area contributed by atoms with Gasteiger partial charge in [-0.25, -0.2) is 0 Å². The zero-order chi connectivity index (χ0) is 9.97. The third-order valence-electron chi connectivity index (χ3n) is 1.95. The molecule has 14 heavy (non-hydrogen) atoms. The minimum atomic E-state index is -0.432. The van der Waals surface area contributed by atoms with Gasteiger partial charge in [0.2, 0.25) is 5.78 Å². The maximum absolute atomic E-state index is 11.9. The Balaban J connectivity index is 2.11. The van der Waals surface area contributed by atoms with E-state index in [-0.39, 0.29) is 5.78 Å². The Morgan fingerprint density at radius 1 is 1.57 bits per heavy atom. The lowest BCUT2D eigenvalue weighted by Gasteiger charge is -2.21. The monoisotopic (exact) mass is 276 g/mol. The molecule has 0 radical (unpaired) electrons. The van der Waals surface area contributed by atoms with Crippen LogP contribution in [0.1, 0.15) is 9.67 Å². The van der Waals surface area contributed by atoms with E-state index >= 15 is 0 Å². The van der Waals surface area contributed by atoms with Crippen molar-refractivity contribution in [3.8, 4) is 0 Å². The van der Waals surface area contributed by atoms with Gasteiger partial charge in [-0.05, 0) is 27.4 Å². The van der Waals surface area contributed by atoms with Crippen molar-refractivity contribution in [3.05, 3.63) is 20.8 Å². The maximum Gasteiger partial charge on any atom is 0.204 e. The quantitative estimate of drug-likeness (QED) is 0.777. The van der Waals surface area contributed by atoms with Gasteiger partial charge in [0.1, 0.15) is 6.10 Å². The highest BCUT2D eigenvalue weighted by Crippen LogP contribution is 2.25. The van der Waals surface area contributed by atoms with Crippen molar-refractivity contribution in [2.75, 3.05) is 19.8 Å². The fourth-order valence-corrected chi connectivity index (χ4v) is 2.81. The van der Waals surface area contributed by atoms with Gasteiger partial charge in [-0.3, -0.25) is 4.79 Å². The Labute approximate surface area is 94.1 Å². The van der Waals surface area contributed by atoms with Crippen molar-refractivity contribution in [1.82, 2.24) is 0 Å². The van der Waals surface area contributed by atoms with Crippen LogP contribution in [0.2, 0.25) is 0 Å². The lowest BCUT2D eigenvalue weighted by molar-refractivity contribution is -0.0718. The second-order valence-electron chi connectivity index (χ2n) is 2.90. The molecule has 1 aliphatic rings. The van der Waals surface area contributed by atoms with Crippen molar-refractivity contribution in [1.29, 1.82) is 0 Å². The summed E-state index contributed by atoms with van der Waals surface area (Å²) in [7, 11) is 0. The smallest absolute Gasteiger partial charge is 0.204 e. The number of hydrogen-bond donors (Lipinski definition) is 0. The van der Waals surface area contributed by atoms with Gasteiger partial charge >= 0.3 is 0 Å². The first-order chi connectivity index (χ1) is 6.79. The second-order valence-corrected chi connectivity index (χ2v) is 4.67. The number of carbonyl (C=O) groups excluding carboxylic acids is 1. The van der Waals surface area contributed by atoms with E-state index in [9.17, 15) is 4.79 Å². The highest BCUT2D eigenvalue weighted by Gasteiger charge is 2.26. The molecule has 0 N–H and O–H groups in total. The number of carbonyl (C=O) groups is 1. The Morgan fingerprint density at radius 2 is 2.43 bits per heavy atom. The summed E-state index contributed by atoms with van der Waals surface area (Å²) < 4.78 is 11.3. The minimum Gasteiger partial charge on any atom is -0.376 e. The molecule has 1 unspecified atom stereocenters. The molecule has 0 saturated carbocycles. The molecule has 1 fully saturated rings. The molecule has 5 heteroatoms. The fraction of sp³-hybridized carbons (Fsp3) is 0.444. The van der Waals surface area contributed by atoms with Crippen LogP contribution in [0.25, 0.3) is 0 Å². The van der Waals surface area contributed by atoms with E-state index in [1.165, 1.54) is 11.3 Å². The molecule has 76 valence electrons. The number of Topliss-reactive ketones (excluding diaryl/α,β-unsaturated/α-hetero) is 1. The molecule has 1 saturated heterocycles. The van der Waals surface area contributed by atoms with Crippen LogP contribution in [-0.2, 0) is 9.47 Å². The first-order valence-corrected chi connectivity index (χ1v) is 5.93. The van der Waals surface area contributed by atoms with Crippen LogP contribution in [0.3, 0.4) is 0 Å². The topological polar surface area (TPSA) is 35.5 Å². The SMILES string of the molecule is O=C(c1sccc1Br)C1COCCO1. The molecular formula is C9H9BrO3S. The van der Waals surface area contributed by atoms with Gasteiger partial charge in [0.15, 0.2) is 0 Å². The molecule has 1 aromatic heterocycles. The molecule has 0 amide bonds. The van der Waals surface area contributed by atoms with Crippen molar-refractivity contribution in [2.45, 2.75) is 6.10 Å². The summed E-state index contributed by atoms with van der Waals surface area (Å²) in [6, 6.07) is 1.86. The normalized spacial score (nSPS) is 22.2. The van der Waals surface area contributed by atoms with Gasteiger partial charge in [-0.15, -0.1) is 11.3 Å². The lowest BCUT2D eigenvalue weighted by Crippen LogP contribution is -2.35. The summed E-state index contributed by atoms with van der Waals surface area (Å²) in [4.78, 5) is 12.6. The number of rotatable bonds is 2. The van der Waals surface area contributed by atoms with Crippen LogP contribution in [0, 0.1) is 0 Å². The predicted octanol–water partition coefficient (Wildman–Crippen LogP) is 2.11. The number of hydrogen-bond acceptors (Lipinski definition) is 4. The van der Waals surface area contributed by atoms with Crippen molar-refractivity contribution in [2.24, 2.45) is 0 Å². The minimum absolute atomic E-state index is 0.00609. The molecular weight excluding hydrogens is 268 g/mol. The molecule has 2 heterocycles. The van der Waals surface area contributed by atoms with Gasteiger partial charge in [0, 0.05) is 4.47 Å². The van der Waals surface area contributed by atoms with Gasteiger partial charge < -0.3 is 9.47 Å². The number of ketones is 1. The summed E-state index contributed by atoms with van der Waals surface area (Å²) in [6.45, 7) is 1.44. The van der Waals surface area contributed by atoms with E-state index in [0.29, 0.717) is 24.7 Å². The maximum atomic E-state index is 11.9. The number of ether oxygens (including phenoxy) is 2. The highest BCUT2D eigenvalue weighted by molar-refractivity contribution is 9.10. The van der Waals surface area contributed by atoms with Crippen LogP contribution < -0.4 is 0 Å². The molecule has 3 nitrogen and oxygen atoms in total. The predicted molar refractivity (Wildman–Crippen MR) is 56.9 cm³/mol. The van der Waals surface area contributed by atoms with E-state index < -0.39 is 6.10 Å². The molecule has 0 aliphatic carbocycles. The first kappa shape index (κ1) is 10.3. The second kappa shape index (κ2) is 4.53. The standard InChI is InChI=1S/C9H9BrO3S/c10-6-1-4-14-9(6)8(11)7-5-12-2-3-13-7/h1,4,7H,2-3,5H2. The van der Waals surface area contributed by atoms with Gasteiger partial charge in [-0.1, -0.05) is 0 Å². The summed E-state index contributed by atoms with van der Waals surface area (Å²) in [5.41, 5.74) is 0. The third kappa shape index (κ3) is 2.06. The van der Waals surface area contributed by atoms with Crippen molar-refractivity contribution >= 4 is 33.0 Å². The van der Waals surface area contributed by atoms with Crippen LogP contribution in [0.5, 0.6) is 0 Å². The molecule has 0 bridgehead atoms. The van der Waals surface area contributed by atoms with Crippen molar-refractivity contribution < 1.29 is 14.3 Å². The van der Waals surface area contributed by atoms with Crippen LogP contribution in [0.15, 0.2) is 15.9 Å². The zero-order valence-corrected chi connectivity index (χ0v) is 9.77. The van der Waals surface area contributed by atoms with Crippen LogP contribution in [-0.4, -0.2) is 31.7 Å². The van der Waals surface area contributed by atoms with Gasteiger partial charge in [0.05, 0.1) is 24.7 Å². The Bertz CT molecular complexity index is 331. The van der Waals surface area contributed by atoms with E-state index in [2.05, 4.69) is 15.9 Å². The summed E-state index contributed by atoms with van der Waals surface area (Å²) >= 11 is 4.75. The molecule has 0 spiro atoms. The zero-order valence-electron chi connectivity index (χ0n) is 7.36. The Kier molecular flexibility index (Phi) is 3.33. The molecule has 1 aromatic rings. The summed E-state index contributed by atoms with van der Waals surface area (Å²) in [5, 5.41) is 1.88. The Hall–Kier alpha value is -0.230. The summed E-state index contributed by atoms with van der Waals surface area (Å²) in [5.74, 6) is 0.00609. The third-order valence-corrected chi connectivity index (χ3v) is 3.80. The molecule has 2 rings (SSSR count). The Morgan fingerprint density at radius 3 is 3.00 bits per heavy atom. The average Bonchev–Trinajstić information content (AvgIpc) is 2.65. The van der Waals surface area contributed by atoms with E-state index in [0.717, 1.165) is 4.47 Å². The number of halogens is 1. The van der Waals surface area contributed by atoms with Crippen LogP contribution in [0.4, 0.5) is 0 Å². The van der Waals surface area contributed by atoms with E-state index in [1.54, 1.807) is 0 Å². The highest BCUT2D eigenvalue weighted by atomic mass is 79.9. The molecule has 1 aliphatic heterocycles. The van der Waals surface area contributed by atoms with E-state index in [1.807, 2.05) is 11.4 Å². The first-order valence-electron chi connectivity index (χ1n) is 4.25. The average molecular weight is 277 g/mol. The van der Waals surface area contributed by atoms with Crippen LogP contribution >= 0.6 is 27.3 Å². The van der Waals surface area contributed by atoms with Gasteiger partial charge in [0.25, 0.3) is 0 Å². The number of thiophene rings is 1. The lowest BCUT2D eigenvalue weighted by atomic mass is 10.2. The fourth-order valence-electron chi connectivity index (χ4n) is 1.25. The van der Waals surface area contributed by atoms with Gasteiger partial charge in [-0.2, -0.15) is 0 Å².